The fourth-order valence-electron chi connectivity index (χ4n) is 2.19. The molecule has 0 bridgehead atoms. The first-order valence-electron chi connectivity index (χ1n) is 6.77. The summed E-state index contributed by atoms with van der Waals surface area (Å²) in [4.78, 5) is -0.531. The molecule has 0 atom stereocenters. The summed E-state index contributed by atoms with van der Waals surface area (Å²) in [6.45, 7) is 0. The molecule has 0 aliphatic carbocycles. The second-order valence-corrected chi connectivity index (χ2v) is 6.34. The van der Waals surface area contributed by atoms with Gasteiger partial charge in [0.25, 0.3) is 0 Å². The summed E-state index contributed by atoms with van der Waals surface area (Å²) in [5.74, 6) is -0.463. The minimum absolute atomic E-state index is 0.121. The van der Waals surface area contributed by atoms with Crippen molar-refractivity contribution in [3.8, 4) is 11.5 Å². The molecule has 0 spiro atoms. The van der Waals surface area contributed by atoms with Gasteiger partial charge in [0.2, 0.25) is 0 Å². The van der Waals surface area contributed by atoms with Gasteiger partial charge in [0.1, 0.15) is 33.0 Å². The maximum Gasteiger partial charge on any atom is 0.143 e. The summed E-state index contributed by atoms with van der Waals surface area (Å²) >= 11 is 0. The molecular weight excluding hydrogens is 332 g/mol. The van der Waals surface area contributed by atoms with Gasteiger partial charge >= 0.3 is 0 Å². The van der Waals surface area contributed by atoms with Crippen molar-refractivity contribution >= 4 is 32.3 Å². The highest BCUT2D eigenvalue weighted by Crippen LogP contribution is 2.37. The Kier molecular flexibility index (Phi) is 3.92. The zero-order valence-electron chi connectivity index (χ0n) is 12.1. The molecule has 24 heavy (non-hydrogen) atoms. The van der Waals surface area contributed by atoms with E-state index in [9.17, 15) is 23.2 Å². The molecule has 0 unspecified atom stereocenters. The summed E-state index contributed by atoms with van der Waals surface area (Å²) in [5.41, 5.74) is -0.0258. The number of phenols is 2. The first-order valence-corrected chi connectivity index (χ1v) is 8.18. The number of hydrogen-bond acceptors (Lipinski definition) is 7. The van der Waals surface area contributed by atoms with Gasteiger partial charge in [-0.05, 0) is 29.7 Å². The molecule has 0 aromatic heterocycles. The average Bonchev–Trinajstić information content (AvgIpc) is 2.54. The van der Waals surface area contributed by atoms with Crippen molar-refractivity contribution in [2.24, 2.45) is 10.2 Å². The summed E-state index contributed by atoms with van der Waals surface area (Å²) < 4.78 is 33.2. The van der Waals surface area contributed by atoms with Gasteiger partial charge in [0.15, 0.2) is 0 Å². The monoisotopic (exact) mass is 343 g/mol. The van der Waals surface area contributed by atoms with Crippen molar-refractivity contribution < 1.29 is 23.2 Å². The van der Waals surface area contributed by atoms with Crippen LogP contribution in [0.5, 0.6) is 11.5 Å². The Morgan fingerprint density at radius 2 is 1.58 bits per heavy atom. The van der Waals surface area contributed by atoms with Crippen LogP contribution in [0.2, 0.25) is 0 Å². The Morgan fingerprint density at radius 3 is 2.33 bits per heavy atom. The molecule has 2 N–H and O–H groups in total. The van der Waals surface area contributed by atoms with E-state index in [1.807, 2.05) is 12.1 Å². The molecule has 0 aliphatic rings. The second kappa shape index (κ2) is 5.91. The van der Waals surface area contributed by atoms with Crippen LogP contribution < -0.4 is 0 Å². The van der Waals surface area contributed by atoms with Gasteiger partial charge in [-0.15, -0.1) is 10.2 Å². The lowest BCUT2D eigenvalue weighted by Gasteiger charge is -2.08. The van der Waals surface area contributed by atoms with Crippen molar-refractivity contribution in [3.05, 3.63) is 54.6 Å². The number of rotatable bonds is 3. The number of azo groups is 1. The SMILES string of the molecule is O=S(=O)([O-])c1ccc(O)c(N=Nc2c(O)ccc3ccccc23)c1. The molecule has 0 aliphatic heterocycles. The number of aromatic hydroxyl groups is 2. The van der Waals surface area contributed by atoms with Crippen molar-refractivity contribution in [3.63, 3.8) is 0 Å². The Morgan fingerprint density at radius 1 is 0.875 bits per heavy atom. The molecule has 0 saturated carbocycles. The lowest BCUT2D eigenvalue weighted by molar-refractivity contribution is 0.461. The predicted octanol–water partition coefficient (Wildman–Crippen LogP) is 3.57. The molecule has 0 heterocycles. The van der Waals surface area contributed by atoms with E-state index in [-0.39, 0.29) is 22.9 Å². The normalized spacial score (nSPS) is 12.0. The molecular formula is C16H11N2O5S-. The molecule has 0 fully saturated rings. The van der Waals surface area contributed by atoms with Crippen molar-refractivity contribution in [1.29, 1.82) is 0 Å². The number of fused-ring (bicyclic) bond motifs is 1. The van der Waals surface area contributed by atoms with Gasteiger partial charge in [-0.2, -0.15) is 0 Å². The van der Waals surface area contributed by atoms with E-state index in [0.717, 1.165) is 23.6 Å². The van der Waals surface area contributed by atoms with Crippen LogP contribution in [0.3, 0.4) is 0 Å². The molecule has 0 radical (unpaired) electrons. The smallest absolute Gasteiger partial charge is 0.143 e. The number of phenolic OH excluding ortho intramolecular Hbond substituents is 2. The van der Waals surface area contributed by atoms with E-state index in [1.165, 1.54) is 6.07 Å². The third kappa shape index (κ3) is 3.05. The van der Waals surface area contributed by atoms with Crippen molar-refractivity contribution in [1.82, 2.24) is 0 Å². The third-order valence-electron chi connectivity index (χ3n) is 3.37. The van der Waals surface area contributed by atoms with E-state index < -0.39 is 15.0 Å². The second-order valence-electron chi connectivity index (χ2n) is 4.96. The molecule has 8 heteroatoms. The molecule has 122 valence electrons. The molecule has 3 aromatic rings. The third-order valence-corrected chi connectivity index (χ3v) is 4.20. The summed E-state index contributed by atoms with van der Waals surface area (Å²) in [7, 11) is -4.68. The zero-order valence-corrected chi connectivity index (χ0v) is 12.9. The van der Waals surface area contributed by atoms with Crippen LogP contribution >= 0.6 is 0 Å². The van der Waals surface area contributed by atoms with E-state index in [1.54, 1.807) is 18.2 Å². The zero-order chi connectivity index (χ0) is 17.3. The topological polar surface area (TPSA) is 122 Å². The Hall–Kier alpha value is -2.97. The summed E-state index contributed by atoms with van der Waals surface area (Å²) in [5, 5.41) is 28.9. The molecule has 3 aromatic carbocycles. The van der Waals surface area contributed by atoms with Gasteiger partial charge in [-0.1, -0.05) is 30.3 Å². The summed E-state index contributed by atoms with van der Waals surface area (Å²) in [6.07, 6.45) is 0. The van der Waals surface area contributed by atoms with E-state index in [4.69, 9.17) is 0 Å². The fourth-order valence-corrected chi connectivity index (χ4v) is 2.68. The van der Waals surface area contributed by atoms with Crippen LogP contribution in [0.25, 0.3) is 10.8 Å². The number of hydrogen-bond donors (Lipinski definition) is 2. The molecule has 3 rings (SSSR count). The van der Waals surface area contributed by atoms with Crippen molar-refractivity contribution in [2.75, 3.05) is 0 Å². The van der Waals surface area contributed by atoms with Crippen LogP contribution in [0.15, 0.2) is 69.7 Å². The predicted molar refractivity (Wildman–Crippen MR) is 85.9 cm³/mol. The summed E-state index contributed by atoms with van der Waals surface area (Å²) in [6, 6.07) is 13.3. The lowest BCUT2D eigenvalue weighted by Crippen LogP contribution is -1.97. The maximum absolute atomic E-state index is 11.1. The van der Waals surface area contributed by atoms with Gasteiger partial charge in [-0.25, -0.2) is 8.42 Å². The minimum Gasteiger partial charge on any atom is -0.744 e. The lowest BCUT2D eigenvalue weighted by atomic mass is 10.1. The Bertz CT molecular complexity index is 1060. The average molecular weight is 343 g/mol. The van der Waals surface area contributed by atoms with Gasteiger partial charge < -0.3 is 14.8 Å². The van der Waals surface area contributed by atoms with E-state index >= 15 is 0 Å². The Labute approximate surface area is 137 Å². The van der Waals surface area contributed by atoms with Crippen LogP contribution in [0, 0.1) is 0 Å². The largest absolute Gasteiger partial charge is 0.744 e. The first kappa shape index (κ1) is 15.9. The minimum atomic E-state index is -4.68. The first-order chi connectivity index (χ1) is 11.4. The maximum atomic E-state index is 11.1. The van der Waals surface area contributed by atoms with E-state index in [2.05, 4.69) is 10.2 Å². The number of benzene rings is 3. The fraction of sp³-hybridized carbons (Fsp3) is 0. The van der Waals surface area contributed by atoms with Gasteiger partial charge in [0, 0.05) is 5.39 Å². The van der Waals surface area contributed by atoms with E-state index in [0.29, 0.717) is 5.39 Å². The van der Waals surface area contributed by atoms with Gasteiger partial charge in [-0.3, -0.25) is 0 Å². The molecule has 7 nitrogen and oxygen atoms in total. The van der Waals surface area contributed by atoms with Crippen LogP contribution in [0.4, 0.5) is 11.4 Å². The number of nitrogens with zero attached hydrogens (tertiary/aromatic N) is 2. The van der Waals surface area contributed by atoms with Crippen molar-refractivity contribution in [2.45, 2.75) is 4.90 Å². The highest BCUT2D eigenvalue weighted by Gasteiger charge is 2.09. The van der Waals surface area contributed by atoms with Crippen LogP contribution in [-0.2, 0) is 10.1 Å². The quantitative estimate of drug-likeness (QED) is 0.556. The Balaban J connectivity index is 2.11. The standard InChI is InChI=1S/C16H12N2O5S/c19-14-8-6-11(24(21,22)23)9-13(14)17-18-16-12-4-2-1-3-10(12)5-7-15(16)20/h1-9,19-20H,(H,21,22,23)/p-1. The van der Waals surface area contributed by atoms with Gasteiger partial charge in [0.05, 0.1) is 4.90 Å². The van der Waals surface area contributed by atoms with Crippen LogP contribution in [-0.4, -0.2) is 23.2 Å². The molecule has 0 amide bonds. The highest BCUT2D eigenvalue weighted by molar-refractivity contribution is 7.85. The molecule has 0 saturated heterocycles. The highest BCUT2D eigenvalue weighted by atomic mass is 32.2. The van der Waals surface area contributed by atoms with Crippen LogP contribution in [0.1, 0.15) is 0 Å².